The molecule has 2 aromatic rings. The Hall–Kier alpha value is -4.41. The molecule has 37 heavy (non-hydrogen) atoms. The second-order valence-corrected chi connectivity index (χ2v) is 7.86. The molecule has 11 heteroatoms. The first-order valence-corrected chi connectivity index (χ1v) is 11.2. The molecular formula is C26H29FN2O8. The van der Waals surface area contributed by atoms with Crippen LogP contribution in [0.1, 0.15) is 24.0 Å². The maximum atomic E-state index is 13.2. The lowest BCUT2D eigenvalue weighted by molar-refractivity contribution is -0.145. The van der Waals surface area contributed by atoms with E-state index in [4.69, 9.17) is 19.3 Å². The minimum absolute atomic E-state index is 0.00248. The molecule has 0 aromatic heterocycles. The van der Waals surface area contributed by atoms with E-state index in [-0.39, 0.29) is 12.8 Å². The number of rotatable bonds is 13. The van der Waals surface area contributed by atoms with Gasteiger partial charge in [0, 0.05) is 18.9 Å². The Morgan fingerprint density at radius 1 is 0.946 bits per heavy atom. The Morgan fingerprint density at radius 3 is 2.22 bits per heavy atom. The van der Waals surface area contributed by atoms with Crippen LogP contribution in [0.5, 0.6) is 11.5 Å². The SMILES string of the molecule is COC(=O)C(Cc1ccc(F)cc1)NC(=O)[C@H](CCC(=O)O)NC(=O)/C=C/c1ccc(OC)c(OC)c1. The largest absolute Gasteiger partial charge is 0.493 e. The Morgan fingerprint density at radius 2 is 1.62 bits per heavy atom. The van der Waals surface area contributed by atoms with Crippen molar-refractivity contribution in [2.45, 2.75) is 31.3 Å². The highest BCUT2D eigenvalue weighted by Crippen LogP contribution is 2.27. The smallest absolute Gasteiger partial charge is 0.328 e. The predicted octanol–water partition coefficient (Wildman–Crippen LogP) is 2.11. The molecule has 0 aliphatic heterocycles. The maximum absolute atomic E-state index is 13.2. The van der Waals surface area contributed by atoms with Crippen LogP contribution < -0.4 is 20.1 Å². The zero-order valence-corrected chi connectivity index (χ0v) is 20.7. The molecule has 198 valence electrons. The average molecular weight is 517 g/mol. The highest BCUT2D eigenvalue weighted by molar-refractivity contribution is 5.96. The quantitative estimate of drug-likeness (QED) is 0.272. The summed E-state index contributed by atoms with van der Waals surface area (Å²) >= 11 is 0. The van der Waals surface area contributed by atoms with Crippen LogP contribution in [0.25, 0.3) is 6.08 Å². The number of esters is 1. The average Bonchev–Trinajstić information content (AvgIpc) is 2.89. The van der Waals surface area contributed by atoms with Crippen LogP contribution in [0.3, 0.4) is 0 Å². The lowest BCUT2D eigenvalue weighted by atomic mass is 10.0. The molecule has 0 heterocycles. The summed E-state index contributed by atoms with van der Waals surface area (Å²) in [6, 6.07) is 7.95. The highest BCUT2D eigenvalue weighted by atomic mass is 19.1. The van der Waals surface area contributed by atoms with E-state index in [0.717, 1.165) is 7.11 Å². The van der Waals surface area contributed by atoms with Crippen molar-refractivity contribution in [3.8, 4) is 11.5 Å². The number of ether oxygens (including phenoxy) is 3. The number of carboxylic acid groups (broad SMARTS) is 1. The number of benzene rings is 2. The Labute approximate surface area is 213 Å². The third-order valence-electron chi connectivity index (χ3n) is 5.27. The van der Waals surface area contributed by atoms with Gasteiger partial charge in [-0.1, -0.05) is 18.2 Å². The minimum Gasteiger partial charge on any atom is -0.493 e. The summed E-state index contributed by atoms with van der Waals surface area (Å²) in [7, 11) is 4.11. The second kappa shape index (κ2) is 14.2. The van der Waals surface area contributed by atoms with Gasteiger partial charge in [0.1, 0.15) is 17.9 Å². The number of carbonyl (C=O) groups excluding carboxylic acids is 3. The van der Waals surface area contributed by atoms with Crippen LogP contribution >= 0.6 is 0 Å². The number of carbonyl (C=O) groups is 4. The van der Waals surface area contributed by atoms with E-state index >= 15 is 0 Å². The van der Waals surface area contributed by atoms with E-state index in [0.29, 0.717) is 22.6 Å². The molecule has 0 aliphatic rings. The van der Waals surface area contributed by atoms with Crippen molar-refractivity contribution in [3.63, 3.8) is 0 Å². The summed E-state index contributed by atoms with van der Waals surface area (Å²) in [6.07, 6.45) is 2.03. The molecule has 2 amide bonds. The van der Waals surface area contributed by atoms with Gasteiger partial charge in [-0.3, -0.25) is 14.4 Å². The Balaban J connectivity index is 2.14. The Kier molecular flexibility index (Phi) is 11.1. The number of carboxylic acids is 1. The van der Waals surface area contributed by atoms with E-state index < -0.39 is 48.1 Å². The molecule has 0 saturated carbocycles. The number of halogens is 1. The molecule has 0 radical (unpaired) electrons. The van der Waals surface area contributed by atoms with Crippen molar-refractivity contribution in [1.29, 1.82) is 0 Å². The highest BCUT2D eigenvalue weighted by Gasteiger charge is 2.27. The van der Waals surface area contributed by atoms with E-state index in [1.165, 1.54) is 50.6 Å². The van der Waals surface area contributed by atoms with E-state index in [1.54, 1.807) is 18.2 Å². The zero-order valence-electron chi connectivity index (χ0n) is 20.7. The third kappa shape index (κ3) is 9.28. The number of methoxy groups -OCH3 is 3. The van der Waals surface area contributed by atoms with Gasteiger partial charge in [0.15, 0.2) is 11.5 Å². The normalized spacial score (nSPS) is 12.3. The van der Waals surface area contributed by atoms with E-state index in [1.807, 2.05) is 0 Å². The Bertz CT molecular complexity index is 1130. The monoisotopic (exact) mass is 516 g/mol. The van der Waals surface area contributed by atoms with Crippen molar-refractivity contribution < 1.29 is 42.9 Å². The fourth-order valence-electron chi connectivity index (χ4n) is 3.35. The fraction of sp³-hybridized carbons (Fsp3) is 0.308. The van der Waals surface area contributed by atoms with Crippen LogP contribution in [-0.2, 0) is 30.3 Å². The first-order valence-electron chi connectivity index (χ1n) is 11.2. The number of hydrogen-bond donors (Lipinski definition) is 3. The first-order chi connectivity index (χ1) is 17.7. The summed E-state index contributed by atoms with van der Waals surface area (Å²) in [6.45, 7) is 0. The number of hydrogen-bond acceptors (Lipinski definition) is 7. The van der Waals surface area contributed by atoms with Crippen LogP contribution in [0.2, 0.25) is 0 Å². The lowest BCUT2D eigenvalue weighted by Gasteiger charge is -2.21. The minimum atomic E-state index is -1.25. The molecule has 0 fully saturated rings. The topological polar surface area (TPSA) is 140 Å². The number of nitrogens with one attached hydrogen (secondary N) is 2. The van der Waals surface area contributed by atoms with E-state index in [9.17, 15) is 23.6 Å². The molecule has 2 rings (SSSR count). The van der Waals surface area contributed by atoms with Gasteiger partial charge in [0.25, 0.3) is 0 Å². The van der Waals surface area contributed by atoms with Crippen molar-refractivity contribution in [2.75, 3.05) is 21.3 Å². The summed E-state index contributed by atoms with van der Waals surface area (Å²) in [5, 5.41) is 14.0. The van der Waals surface area contributed by atoms with Gasteiger partial charge in [-0.2, -0.15) is 0 Å². The molecule has 1 unspecified atom stereocenters. The molecule has 10 nitrogen and oxygen atoms in total. The molecule has 3 N–H and O–H groups in total. The van der Waals surface area contributed by atoms with Gasteiger partial charge in [-0.05, 0) is 47.9 Å². The fourth-order valence-corrected chi connectivity index (χ4v) is 3.35. The standard InChI is InChI=1S/C26H29FN2O8/c1-35-21-11-6-17(15-22(21)36-2)7-12-23(30)28-19(10-13-24(31)32)25(33)29-20(26(34)37-3)14-16-4-8-18(27)9-5-16/h4-9,11-12,15,19-20H,10,13-14H2,1-3H3,(H,28,30)(H,29,33)(H,31,32)/b12-7+/t19-,20?/m0/s1. The third-order valence-corrected chi connectivity index (χ3v) is 5.27. The molecule has 0 bridgehead atoms. The van der Waals surface area contributed by atoms with Gasteiger partial charge >= 0.3 is 11.9 Å². The van der Waals surface area contributed by atoms with E-state index in [2.05, 4.69) is 10.6 Å². The van der Waals surface area contributed by atoms with Crippen LogP contribution in [0, 0.1) is 5.82 Å². The van der Waals surface area contributed by atoms with Crippen molar-refractivity contribution in [1.82, 2.24) is 10.6 Å². The van der Waals surface area contributed by atoms with Crippen molar-refractivity contribution in [2.24, 2.45) is 0 Å². The molecule has 2 atom stereocenters. The summed E-state index contributed by atoms with van der Waals surface area (Å²) in [5.41, 5.74) is 1.17. The van der Waals surface area contributed by atoms with Gasteiger partial charge in [0.2, 0.25) is 11.8 Å². The van der Waals surface area contributed by atoms with Gasteiger partial charge in [-0.15, -0.1) is 0 Å². The summed E-state index contributed by atoms with van der Waals surface area (Å²) in [5.74, 6) is -2.84. The molecule has 0 spiro atoms. The zero-order chi connectivity index (χ0) is 27.4. The summed E-state index contributed by atoms with van der Waals surface area (Å²) in [4.78, 5) is 48.9. The first kappa shape index (κ1) is 28.8. The predicted molar refractivity (Wildman–Crippen MR) is 131 cm³/mol. The van der Waals surface area contributed by atoms with Gasteiger partial charge in [0.05, 0.1) is 21.3 Å². The maximum Gasteiger partial charge on any atom is 0.328 e. The van der Waals surface area contributed by atoms with Crippen LogP contribution in [0.15, 0.2) is 48.5 Å². The molecule has 0 aliphatic carbocycles. The summed E-state index contributed by atoms with van der Waals surface area (Å²) < 4.78 is 28.4. The van der Waals surface area contributed by atoms with Gasteiger partial charge < -0.3 is 30.0 Å². The van der Waals surface area contributed by atoms with Crippen LogP contribution in [0.4, 0.5) is 4.39 Å². The van der Waals surface area contributed by atoms with Gasteiger partial charge in [-0.25, -0.2) is 9.18 Å². The van der Waals surface area contributed by atoms with Crippen molar-refractivity contribution in [3.05, 3.63) is 65.5 Å². The molecule has 2 aromatic carbocycles. The van der Waals surface area contributed by atoms with Crippen molar-refractivity contribution >= 4 is 29.8 Å². The molecular weight excluding hydrogens is 487 g/mol. The van der Waals surface area contributed by atoms with Crippen LogP contribution in [-0.4, -0.2) is 62.3 Å². The number of aliphatic carboxylic acids is 1. The lowest BCUT2D eigenvalue weighted by Crippen LogP contribution is -2.52. The molecule has 0 saturated heterocycles. The second-order valence-electron chi connectivity index (χ2n) is 7.86. The number of amides is 2.